The average molecular weight is 445 g/mol. The molecular weight excluding hydrogens is 421 g/mol. The van der Waals surface area contributed by atoms with Crippen molar-refractivity contribution in [3.8, 4) is 0 Å². The van der Waals surface area contributed by atoms with Crippen LogP contribution in [-0.2, 0) is 16.4 Å². The van der Waals surface area contributed by atoms with E-state index in [4.69, 9.17) is 0 Å². The summed E-state index contributed by atoms with van der Waals surface area (Å²) < 4.78 is 22.3. The number of hydrogen-bond acceptors (Lipinski definition) is 4. The molecule has 1 heterocycles. The third-order valence-electron chi connectivity index (χ3n) is 2.91. The predicted octanol–water partition coefficient (Wildman–Crippen LogP) is 2.16. The van der Waals surface area contributed by atoms with E-state index in [0.717, 1.165) is 6.54 Å². The van der Waals surface area contributed by atoms with Gasteiger partial charge in [-0.05, 0) is 37.3 Å². The molecule has 5 nitrogen and oxygen atoms in total. The fraction of sp³-hybridized carbons (Fsp3) is 0.615. The van der Waals surface area contributed by atoms with Gasteiger partial charge in [-0.25, -0.2) is 8.42 Å². The summed E-state index contributed by atoms with van der Waals surface area (Å²) in [6.07, 6.45) is 1.82. The van der Waals surface area contributed by atoms with Crippen LogP contribution in [0.15, 0.2) is 16.4 Å². The molecule has 0 aliphatic heterocycles. The third-order valence-corrected chi connectivity index (χ3v) is 4.91. The van der Waals surface area contributed by atoms with E-state index in [1.54, 1.807) is 18.4 Å². The summed E-state index contributed by atoms with van der Waals surface area (Å²) in [6, 6.07) is 2.15. The zero-order chi connectivity index (χ0) is 15.2. The minimum absolute atomic E-state index is 0. The van der Waals surface area contributed by atoms with Gasteiger partial charge in [-0.2, -0.15) is 0 Å². The number of halogens is 1. The molecule has 122 valence electrons. The van der Waals surface area contributed by atoms with E-state index in [2.05, 4.69) is 34.0 Å². The average Bonchev–Trinajstić information content (AvgIpc) is 2.77. The quantitative estimate of drug-likeness (QED) is 0.400. The Morgan fingerprint density at radius 3 is 2.62 bits per heavy atom. The molecule has 1 rings (SSSR count). The van der Waals surface area contributed by atoms with Crippen molar-refractivity contribution in [2.75, 3.05) is 19.1 Å². The Morgan fingerprint density at radius 1 is 1.48 bits per heavy atom. The second-order valence-electron chi connectivity index (χ2n) is 4.92. The smallest absolute Gasteiger partial charge is 0.191 e. The highest BCUT2D eigenvalue weighted by Gasteiger charge is 2.09. The SMILES string of the molecule is CN=C(NCc1sccc1C)NC(C)CCS(C)(=O)=O.I. The largest absolute Gasteiger partial charge is 0.354 e. The molecular formula is C13H24IN3O2S2. The summed E-state index contributed by atoms with van der Waals surface area (Å²) in [6.45, 7) is 4.76. The fourth-order valence-corrected chi connectivity index (χ4v) is 3.27. The molecule has 0 fully saturated rings. The molecule has 0 radical (unpaired) electrons. The van der Waals surface area contributed by atoms with E-state index in [-0.39, 0.29) is 35.8 Å². The lowest BCUT2D eigenvalue weighted by Gasteiger charge is -2.17. The summed E-state index contributed by atoms with van der Waals surface area (Å²) in [5.74, 6) is 0.876. The van der Waals surface area contributed by atoms with Gasteiger partial charge in [-0.15, -0.1) is 35.3 Å². The van der Waals surface area contributed by atoms with Crippen LogP contribution in [0.3, 0.4) is 0 Å². The normalized spacial score (nSPS) is 13.4. The summed E-state index contributed by atoms with van der Waals surface area (Å²) in [5, 5.41) is 8.51. The van der Waals surface area contributed by atoms with Crippen LogP contribution in [0.4, 0.5) is 0 Å². The highest BCUT2D eigenvalue weighted by atomic mass is 127. The molecule has 1 aromatic rings. The summed E-state index contributed by atoms with van der Waals surface area (Å²) in [4.78, 5) is 5.43. The van der Waals surface area contributed by atoms with Crippen molar-refractivity contribution in [3.05, 3.63) is 21.9 Å². The van der Waals surface area contributed by atoms with Crippen LogP contribution in [0.25, 0.3) is 0 Å². The Kier molecular flexibility index (Phi) is 9.46. The number of guanidine groups is 1. The topological polar surface area (TPSA) is 70.6 Å². The molecule has 2 N–H and O–H groups in total. The fourth-order valence-electron chi connectivity index (χ4n) is 1.64. The molecule has 1 aromatic heterocycles. The van der Waals surface area contributed by atoms with Crippen LogP contribution in [0.2, 0.25) is 0 Å². The maximum Gasteiger partial charge on any atom is 0.191 e. The molecule has 0 saturated heterocycles. The van der Waals surface area contributed by atoms with Crippen LogP contribution in [0, 0.1) is 6.92 Å². The lowest BCUT2D eigenvalue weighted by Crippen LogP contribution is -2.42. The van der Waals surface area contributed by atoms with Gasteiger partial charge >= 0.3 is 0 Å². The van der Waals surface area contributed by atoms with Crippen molar-refractivity contribution in [1.29, 1.82) is 0 Å². The summed E-state index contributed by atoms with van der Waals surface area (Å²) in [7, 11) is -1.21. The summed E-state index contributed by atoms with van der Waals surface area (Å²) in [5.41, 5.74) is 1.27. The lowest BCUT2D eigenvalue weighted by atomic mass is 10.2. The van der Waals surface area contributed by atoms with Gasteiger partial charge in [-0.1, -0.05) is 0 Å². The maximum absolute atomic E-state index is 11.1. The molecule has 1 atom stereocenters. The van der Waals surface area contributed by atoms with Crippen molar-refractivity contribution in [2.24, 2.45) is 4.99 Å². The number of hydrogen-bond donors (Lipinski definition) is 2. The van der Waals surface area contributed by atoms with Crippen molar-refractivity contribution in [1.82, 2.24) is 10.6 Å². The highest BCUT2D eigenvalue weighted by molar-refractivity contribution is 14.0. The monoisotopic (exact) mass is 445 g/mol. The Labute approximate surface area is 148 Å². The second-order valence-corrected chi connectivity index (χ2v) is 8.18. The van der Waals surface area contributed by atoms with Gasteiger partial charge in [0.25, 0.3) is 0 Å². The van der Waals surface area contributed by atoms with E-state index in [9.17, 15) is 8.42 Å². The van der Waals surface area contributed by atoms with Crippen molar-refractivity contribution >= 4 is 51.1 Å². The first-order valence-electron chi connectivity index (χ1n) is 6.49. The number of aliphatic imine (C=N–C) groups is 1. The maximum atomic E-state index is 11.1. The molecule has 1 unspecified atom stereocenters. The van der Waals surface area contributed by atoms with E-state index in [1.807, 2.05) is 6.92 Å². The zero-order valence-corrected chi connectivity index (χ0v) is 16.8. The molecule has 0 spiro atoms. The van der Waals surface area contributed by atoms with Crippen molar-refractivity contribution in [3.63, 3.8) is 0 Å². The van der Waals surface area contributed by atoms with Crippen LogP contribution < -0.4 is 10.6 Å². The van der Waals surface area contributed by atoms with E-state index in [1.165, 1.54) is 16.7 Å². The van der Waals surface area contributed by atoms with Gasteiger partial charge < -0.3 is 10.6 Å². The van der Waals surface area contributed by atoms with Crippen LogP contribution in [0.5, 0.6) is 0 Å². The first-order chi connectivity index (χ1) is 9.31. The van der Waals surface area contributed by atoms with Crippen LogP contribution in [0.1, 0.15) is 23.8 Å². The lowest BCUT2D eigenvalue weighted by molar-refractivity contribution is 0.581. The second kappa shape index (κ2) is 9.62. The Balaban J connectivity index is 0.00000400. The van der Waals surface area contributed by atoms with E-state index in [0.29, 0.717) is 12.4 Å². The molecule has 0 saturated carbocycles. The molecule has 0 amide bonds. The first kappa shape index (κ1) is 20.6. The third kappa shape index (κ3) is 8.62. The Hall–Kier alpha value is -0.350. The van der Waals surface area contributed by atoms with Crippen molar-refractivity contribution in [2.45, 2.75) is 32.9 Å². The zero-order valence-electron chi connectivity index (χ0n) is 12.8. The Bertz CT molecular complexity index is 556. The number of nitrogens with zero attached hydrogens (tertiary/aromatic N) is 1. The van der Waals surface area contributed by atoms with Gasteiger partial charge in [0.05, 0.1) is 12.3 Å². The van der Waals surface area contributed by atoms with Gasteiger partial charge in [0, 0.05) is 24.2 Å². The molecule has 0 bridgehead atoms. The van der Waals surface area contributed by atoms with E-state index >= 15 is 0 Å². The highest BCUT2D eigenvalue weighted by Crippen LogP contribution is 2.14. The number of aryl methyl sites for hydroxylation is 1. The molecule has 0 aromatic carbocycles. The molecule has 0 aliphatic carbocycles. The minimum atomic E-state index is -2.91. The van der Waals surface area contributed by atoms with Gasteiger partial charge in [0.1, 0.15) is 9.84 Å². The minimum Gasteiger partial charge on any atom is -0.354 e. The van der Waals surface area contributed by atoms with Gasteiger partial charge in [0.15, 0.2) is 5.96 Å². The van der Waals surface area contributed by atoms with Gasteiger partial charge in [0.2, 0.25) is 0 Å². The van der Waals surface area contributed by atoms with E-state index < -0.39 is 9.84 Å². The number of nitrogens with one attached hydrogen (secondary N) is 2. The first-order valence-corrected chi connectivity index (χ1v) is 9.43. The standard InChI is InChI=1S/C13H23N3O2S2.HI/c1-10-5-7-19-12(10)9-15-13(14-3)16-11(2)6-8-20(4,17)18;/h5,7,11H,6,8-9H2,1-4H3,(H2,14,15,16);1H. The summed E-state index contributed by atoms with van der Waals surface area (Å²) >= 11 is 1.71. The number of sulfone groups is 1. The number of rotatable bonds is 6. The molecule has 8 heteroatoms. The predicted molar refractivity (Wildman–Crippen MR) is 102 cm³/mol. The number of thiophene rings is 1. The molecule has 0 aliphatic rings. The van der Waals surface area contributed by atoms with Gasteiger partial charge in [-0.3, -0.25) is 4.99 Å². The van der Waals surface area contributed by atoms with Crippen LogP contribution in [-0.4, -0.2) is 39.5 Å². The molecule has 21 heavy (non-hydrogen) atoms. The van der Waals surface area contributed by atoms with Crippen molar-refractivity contribution < 1.29 is 8.42 Å². The Morgan fingerprint density at radius 2 is 2.14 bits per heavy atom. The van der Waals surface area contributed by atoms with Crippen LogP contribution >= 0.6 is 35.3 Å².